The predicted molar refractivity (Wildman–Crippen MR) is 111 cm³/mol. The van der Waals surface area contributed by atoms with Crippen LogP contribution < -0.4 is 10.6 Å². The number of nitrogens with zero attached hydrogens (tertiary/aromatic N) is 2. The summed E-state index contributed by atoms with van der Waals surface area (Å²) in [5, 5.41) is 9.19. The maximum Gasteiger partial charge on any atom is 0.355 e. The molecule has 0 aliphatic carbocycles. The third-order valence-electron chi connectivity index (χ3n) is 4.85. The molecule has 1 aliphatic heterocycles. The van der Waals surface area contributed by atoms with Crippen molar-refractivity contribution >= 4 is 29.2 Å². The second-order valence-electron chi connectivity index (χ2n) is 6.53. The molecule has 0 aromatic heterocycles. The van der Waals surface area contributed by atoms with Gasteiger partial charge in [-0.15, -0.1) is 0 Å². The Labute approximate surface area is 186 Å². The van der Waals surface area contributed by atoms with E-state index in [1.54, 1.807) is 30.3 Å². The van der Waals surface area contributed by atoms with E-state index < -0.39 is 51.7 Å². The Morgan fingerprint density at radius 2 is 1.66 bits per heavy atom. The molecule has 1 atom stereocenters. The number of methoxy groups -OCH3 is 2. The molecular weight excluding hydrogens is 444 g/mol. The van der Waals surface area contributed by atoms with Gasteiger partial charge in [-0.3, -0.25) is 4.90 Å². The number of ether oxygens (including phenoxy) is 2. The van der Waals surface area contributed by atoms with E-state index in [1.807, 2.05) is 6.07 Å². The van der Waals surface area contributed by atoms with Crippen LogP contribution >= 0.6 is 11.6 Å². The van der Waals surface area contributed by atoms with Crippen LogP contribution in [0.5, 0.6) is 0 Å². The number of carbonyl (C=O) groups excluding carboxylic acids is 2. The summed E-state index contributed by atoms with van der Waals surface area (Å²) in [6.45, 7) is 0. The number of benzene rings is 2. The van der Waals surface area contributed by atoms with Crippen molar-refractivity contribution in [3.05, 3.63) is 87.3 Å². The number of carbonyl (C=O) groups is 2. The molecule has 1 unspecified atom stereocenters. The lowest BCUT2D eigenvalue weighted by molar-refractivity contribution is -0.139. The monoisotopic (exact) mass is 459 g/mol. The number of hydrogen-bond acceptors (Lipinski definition) is 7. The summed E-state index contributed by atoms with van der Waals surface area (Å²) in [6, 6.07) is 11.7. The first kappa shape index (κ1) is 22.8. The Hall–Kier alpha value is -3.90. The Morgan fingerprint density at radius 1 is 1.06 bits per heavy atom. The summed E-state index contributed by atoms with van der Waals surface area (Å²) in [4.78, 5) is 26.4. The summed E-state index contributed by atoms with van der Waals surface area (Å²) >= 11 is 6.01. The second-order valence-corrected chi connectivity index (χ2v) is 6.91. The van der Waals surface area contributed by atoms with Crippen molar-refractivity contribution in [1.29, 1.82) is 5.26 Å². The average Bonchev–Trinajstić information content (AvgIpc) is 2.81. The number of allylic oxidation sites excluding steroid dienone is 1. The quantitative estimate of drug-likeness (QED) is 0.550. The highest BCUT2D eigenvalue weighted by molar-refractivity contribution is 6.33. The smallest absolute Gasteiger partial charge is 0.355 e. The first-order valence-corrected chi connectivity index (χ1v) is 9.45. The molecule has 0 amide bonds. The fourth-order valence-corrected chi connectivity index (χ4v) is 3.70. The Morgan fingerprint density at radius 3 is 2.22 bits per heavy atom. The van der Waals surface area contributed by atoms with Crippen LogP contribution in [0.1, 0.15) is 11.5 Å². The van der Waals surface area contributed by atoms with Crippen molar-refractivity contribution < 1.29 is 27.8 Å². The largest absolute Gasteiger partial charge is 0.466 e. The van der Waals surface area contributed by atoms with Crippen LogP contribution in [0.15, 0.2) is 65.1 Å². The van der Waals surface area contributed by atoms with E-state index in [-0.39, 0.29) is 11.1 Å². The lowest BCUT2D eigenvalue weighted by Crippen LogP contribution is -2.41. The van der Waals surface area contributed by atoms with Gasteiger partial charge in [0.1, 0.15) is 33.9 Å². The fraction of sp³-hybridized carbons (Fsp3) is 0.136. The molecule has 0 spiro atoms. The minimum Gasteiger partial charge on any atom is -0.466 e. The molecule has 3 rings (SSSR count). The molecule has 1 heterocycles. The minimum absolute atomic E-state index is 0.205. The Kier molecular flexibility index (Phi) is 6.46. The van der Waals surface area contributed by atoms with Gasteiger partial charge in [-0.2, -0.15) is 5.26 Å². The molecular formula is C22H16ClF2N3O4. The molecule has 1 aliphatic rings. The molecule has 2 N–H and O–H groups in total. The van der Waals surface area contributed by atoms with Gasteiger partial charge in [0.15, 0.2) is 0 Å². The molecule has 0 bridgehead atoms. The number of nitrogens with two attached hydrogens (primary N) is 1. The standard InChI is InChI=1S/C22H16ClF2N3O4/c1-31-21(29)16-15(11-6-4-3-5-7-11)12(10-26)20(27)28(19(16)22(30)32-2)18-14(25)9-8-13(24)17(18)23/h3-9,15H,27H2,1-2H3. The second kappa shape index (κ2) is 9.08. The SMILES string of the molecule is COC(=O)C1=C(C(=O)OC)N(c2c(F)ccc(F)c2Cl)C(N)=C(C#N)C1c1ccccc1. The van der Waals surface area contributed by atoms with Crippen molar-refractivity contribution in [2.45, 2.75) is 5.92 Å². The van der Waals surface area contributed by atoms with Gasteiger partial charge in [0.2, 0.25) is 0 Å². The van der Waals surface area contributed by atoms with Crippen molar-refractivity contribution in [3.8, 4) is 6.07 Å². The highest BCUT2D eigenvalue weighted by Crippen LogP contribution is 2.45. The maximum atomic E-state index is 14.8. The van der Waals surface area contributed by atoms with E-state index in [0.717, 1.165) is 26.4 Å². The van der Waals surface area contributed by atoms with Crippen LogP contribution in [0, 0.1) is 23.0 Å². The number of hydrogen-bond donors (Lipinski definition) is 1. The van der Waals surface area contributed by atoms with E-state index in [9.17, 15) is 23.6 Å². The van der Waals surface area contributed by atoms with Gasteiger partial charge in [-0.05, 0) is 17.7 Å². The van der Waals surface area contributed by atoms with Crippen molar-refractivity contribution in [2.75, 3.05) is 19.1 Å². The molecule has 7 nitrogen and oxygen atoms in total. The van der Waals surface area contributed by atoms with E-state index in [4.69, 9.17) is 26.8 Å². The third-order valence-corrected chi connectivity index (χ3v) is 5.21. The fourth-order valence-electron chi connectivity index (χ4n) is 3.47. The van der Waals surface area contributed by atoms with Crippen molar-refractivity contribution in [3.63, 3.8) is 0 Å². The van der Waals surface area contributed by atoms with Gasteiger partial charge < -0.3 is 15.2 Å². The molecule has 32 heavy (non-hydrogen) atoms. The highest BCUT2D eigenvalue weighted by atomic mass is 35.5. The summed E-state index contributed by atoms with van der Waals surface area (Å²) in [7, 11) is 2.10. The maximum absolute atomic E-state index is 14.8. The molecule has 0 saturated carbocycles. The van der Waals surface area contributed by atoms with E-state index in [1.165, 1.54) is 0 Å². The van der Waals surface area contributed by atoms with Crippen LogP contribution in [0.2, 0.25) is 5.02 Å². The summed E-state index contributed by atoms with van der Waals surface area (Å²) < 4.78 is 38.7. The van der Waals surface area contributed by atoms with Crippen LogP contribution in [0.4, 0.5) is 14.5 Å². The Balaban J connectivity index is 2.49. The van der Waals surface area contributed by atoms with Gasteiger partial charge >= 0.3 is 11.9 Å². The number of nitriles is 1. The molecule has 0 saturated heterocycles. The highest BCUT2D eigenvalue weighted by Gasteiger charge is 2.44. The van der Waals surface area contributed by atoms with Crippen LogP contribution in [-0.2, 0) is 19.1 Å². The molecule has 164 valence electrons. The Bertz CT molecular complexity index is 1210. The van der Waals surface area contributed by atoms with Gasteiger partial charge in [0.05, 0.1) is 37.4 Å². The molecule has 10 heteroatoms. The van der Waals surface area contributed by atoms with Crippen molar-refractivity contribution in [1.82, 2.24) is 0 Å². The zero-order valence-corrected chi connectivity index (χ0v) is 17.6. The summed E-state index contributed by atoms with van der Waals surface area (Å²) in [5.41, 5.74) is 4.86. The minimum atomic E-state index is -1.14. The first-order valence-electron chi connectivity index (χ1n) is 9.07. The van der Waals surface area contributed by atoms with Crippen LogP contribution in [-0.4, -0.2) is 26.2 Å². The van der Waals surface area contributed by atoms with Gasteiger partial charge in [-0.25, -0.2) is 18.4 Å². The number of anilines is 1. The lowest BCUT2D eigenvalue weighted by atomic mass is 9.81. The third kappa shape index (κ3) is 3.65. The van der Waals surface area contributed by atoms with Gasteiger partial charge in [0.25, 0.3) is 0 Å². The normalized spacial score (nSPS) is 16.0. The lowest BCUT2D eigenvalue weighted by Gasteiger charge is -2.36. The topological polar surface area (TPSA) is 106 Å². The molecule has 0 radical (unpaired) electrons. The summed E-state index contributed by atoms with van der Waals surface area (Å²) in [6.07, 6.45) is 0. The zero-order valence-electron chi connectivity index (χ0n) is 16.9. The molecule has 0 fully saturated rings. The summed E-state index contributed by atoms with van der Waals surface area (Å²) in [5.74, 6) is -5.75. The predicted octanol–water partition coefficient (Wildman–Crippen LogP) is 3.52. The van der Waals surface area contributed by atoms with E-state index in [0.29, 0.717) is 10.5 Å². The van der Waals surface area contributed by atoms with Crippen LogP contribution in [0.25, 0.3) is 0 Å². The molecule has 2 aromatic carbocycles. The molecule has 2 aromatic rings. The van der Waals surface area contributed by atoms with E-state index >= 15 is 0 Å². The zero-order chi connectivity index (χ0) is 23.6. The first-order chi connectivity index (χ1) is 15.3. The van der Waals surface area contributed by atoms with Gasteiger partial charge in [0, 0.05) is 0 Å². The number of halogens is 3. The van der Waals surface area contributed by atoms with Crippen molar-refractivity contribution in [2.24, 2.45) is 5.73 Å². The van der Waals surface area contributed by atoms with Crippen LogP contribution in [0.3, 0.4) is 0 Å². The number of esters is 2. The number of rotatable bonds is 4. The van der Waals surface area contributed by atoms with Gasteiger partial charge in [-0.1, -0.05) is 41.9 Å². The average molecular weight is 460 g/mol. The van der Waals surface area contributed by atoms with E-state index in [2.05, 4.69) is 0 Å².